The first-order valence-corrected chi connectivity index (χ1v) is 9.52. The molecule has 3 rings (SSSR count). The van der Waals surface area contributed by atoms with Gasteiger partial charge in [0.15, 0.2) is 0 Å². The second-order valence-corrected chi connectivity index (χ2v) is 7.70. The Morgan fingerprint density at radius 3 is 2.57 bits per heavy atom. The van der Waals surface area contributed by atoms with Crippen LogP contribution in [-0.2, 0) is 9.59 Å². The third kappa shape index (κ3) is 4.29. The number of nitrogens with one attached hydrogen (secondary N) is 1. The van der Waals surface area contributed by atoms with E-state index in [1.807, 2.05) is 31.2 Å². The summed E-state index contributed by atoms with van der Waals surface area (Å²) >= 11 is 6.38. The minimum absolute atomic E-state index is 0.0271. The van der Waals surface area contributed by atoms with Crippen molar-refractivity contribution in [3.05, 3.63) is 70.1 Å². The maximum absolute atomic E-state index is 12.7. The zero-order valence-corrected chi connectivity index (χ0v) is 16.5. The summed E-state index contributed by atoms with van der Waals surface area (Å²) in [5.41, 5.74) is 2.07. The van der Waals surface area contributed by atoms with Crippen molar-refractivity contribution in [2.45, 2.75) is 6.92 Å². The molecule has 1 aliphatic heterocycles. The largest absolute Gasteiger partial charge is 0.478 e. The first-order valence-electron chi connectivity index (χ1n) is 8.30. The Morgan fingerprint density at radius 2 is 1.86 bits per heavy atom. The molecule has 0 atom stereocenters. The van der Waals surface area contributed by atoms with Crippen LogP contribution in [0.2, 0.25) is 0 Å². The van der Waals surface area contributed by atoms with Gasteiger partial charge in [-0.15, -0.1) is 0 Å². The van der Waals surface area contributed by atoms with Crippen LogP contribution in [0.3, 0.4) is 0 Å². The van der Waals surface area contributed by atoms with E-state index >= 15 is 0 Å². The molecule has 28 heavy (non-hydrogen) atoms. The molecule has 2 aromatic rings. The van der Waals surface area contributed by atoms with Gasteiger partial charge in [-0.05, 0) is 36.3 Å². The number of carboxylic acid groups (broad SMARTS) is 1. The predicted molar refractivity (Wildman–Crippen MR) is 113 cm³/mol. The fraction of sp³-hybridized carbons (Fsp3) is 0.100. The third-order valence-corrected chi connectivity index (χ3v) is 5.46. The van der Waals surface area contributed by atoms with E-state index in [1.165, 1.54) is 17.0 Å². The van der Waals surface area contributed by atoms with Gasteiger partial charge in [-0.2, -0.15) is 0 Å². The number of anilines is 1. The number of para-hydroxylation sites is 1. The molecular weight excluding hydrogens is 396 g/mol. The second kappa shape index (κ2) is 8.37. The number of thioether (sulfide) groups is 1. The summed E-state index contributed by atoms with van der Waals surface area (Å²) in [6.07, 6.45) is 1.76. The highest BCUT2D eigenvalue weighted by atomic mass is 32.2. The summed E-state index contributed by atoms with van der Waals surface area (Å²) in [6, 6.07) is 13.7. The number of aromatic carboxylic acids is 1. The summed E-state index contributed by atoms with van der Waals surface area (Å²) in [5, 5.41) is 11.7. The van der Waals surface area contributed by atoms with Crippen LogP contribution in [0.1, 0.15) is 21.5 Å². The molecule has 1 heterocycles. The van der Waals surface area contributed by atoms with E-state index in [9.17, 15) is 19.5 Å². The molecule has 2 N–H and O–H groups in total. The van der Waals surface area contributed by atoms with Gasteiger partial charge in [0.1, 0.15) is 10.9 Å². The first kappa shape index (κ1) is 19.8. The van der Waals surface area contributed by atoms with E-state index in [-0.39, 0.29) is 28.0 Å². The van der Waals surface area contributed by atoms with Crippen LogP contribution >= 0.6 is 24.0 Å². The zero-order chi connectivity index (χ0) is 20.3. The third-order valence-electron chi connectivity index (χ3n) is 4.08. The fourth-order valence-electron chi connectivity index (χ4n) is 2.64. The van der Waals surface area contributed by atoms with Crippen LogP contribution in [0, 0.1) is 6.92 Å². The van der Waals surface area contributed by atoms with E-state index in [2.05, 4.69) is 5.32 Å². The maximum atomic E-state index is 12.7. The standard InChI is InChI=1S/C20H16N2O4S2/c1-12-6-2-3-7-13(12)10-16-18(24)22(20(27)28-16)11-17(23)21-15-9-5-4-8-14(15)19(25)26/h2-10H,11H2,1H3,(H,21,23)(H,25,26)/b16-10-. The number of aryl methyl sites for hydroxylation is 1. The van der Waals surface area contributed by atoms with E-state index in [4.69, 9.17) is 12.2 Å². The Labute approximate surface area is 171 Å². The number of rotatable bonds is 5. The van der Waals surface area contributed by atoms with E-state index < -0.39 is 11.9 Å². The molecule has 0 radical (unpaired) electrons. The molecule has 1 fully saturated rings. The Bertz CT molecular complexity index is 1020. The summed E-state index contributed by atoms with van der Waals surface area (Å²) < 4.78 is 0.284. The van der Waals surface area contributed by atoms with Gasteiger partial charge in [0.25, 0.3) is 5.91 Å². The molecule has 0 saturated carbocycles. The molecule has 0 bridgehead atoms. The zero-order valence-electron chi connectivity index (χ0n) is 14.8. The van der Waals surface area contributed by atoms with E-state index in [0.717, 1.165) is 22.9 Å². The maximum Gasteiger partial charge on any atom is 0.337 e. The van der Waals surface area contributed by atoms with Crippen molar-refractivity contribution in [2.24, 2.45) is 0 Å². The van der Waals surface area contributed by atoms with Crippen molar-refractivity contribution in [1.29, 1.82) is 0 Å². The van der Waals surface area contributed by atoms with Crippen molar-refractivity contribution < 1.29 is 19.5 Å². The smallest absolute Gasteiger partial charge is 0.337 e. The monoisotopic (exact) mass is 412 g/mol. The molecule has 0 unspecified atom stereocenters. The number of thiocarbonyl (C=S) groups is 1. The molecule has 8 heteroatoms. The lowest BCUT2D eigenvalue weighted by atomic mass is 10.1. The molecule has 0 spiro atoms. The van der Waals surface area contributed by atoms with Gasteiger partial charge in [-0.1, -0.05) is 60.4 Å². The number of hydrogen-bond donors (Lipinski definition) is 2. The molecule has 6 nitrogen and oxygen atoms in total. The van der Waals surface area contributed by atoms with Gasteiger partial charge in [0.05, 0.1) is 16.2 Å². The Hall–Kier alpha value is -2.97. The normalized spacial score (nSPS) is 15.2. The average Bonchev–Trinajstić information content (AvgIpc) is 2.91. The van der Waals surface area contributed by atoms with E-state index in [1.54, 1.807) is 18.2 Å². The molecule has 0 aromatic heterocycles. The number of carbonyl (C=O) groups excluding carboxylic acids is 2. The summed E-state index contributed by atoms with van der Waals surface area (Å²) in [6.45, 7) is 1.66. The number of benzene rings is 2. The quantitative estimate of drug-likeness (QED) is 0.577. The van der Waals surface area contributed by atoms with E-state index in [0.29, 0.717) is 4.91 Å². The minimum atomic E-state index is -1.15. The van der Waals surface area contributed by atoms with Crippen LogP contribution in [0.5, 0.6) is 0 Å². The lowest BCUT2D eigenvalue weighted by Crippen LogP contribution is -2.36. The molecule has 1 saturated heterocycles. The molecule has 2 amide bonds. The Morgan fingerprint density at radius 1 is 1.18 bits per heavy atom. The molecular formula is C20H16N2O4S2. The topological polar surface area (TPSA) is 86.7 Å². The SMILES string of the molecule is Cc1ccccc1/C=C1\SC(=S)N(CC(=O)Nc2ccccc2C(=O)O)C1=O. The number of amides is 2. The van der Waals surface area contributed by atoms with Gasteiger partial charge in [0.2, 0.25) is 5.91 Å². The highest BCUT2D eigenvalue weighted by Crippen LogP contribution is 2.33. The van der Waals surface area contributed by atoms with Crippen molar-refractivity contribution >= 4 is 57.8 Å². The van der Waals surface area contributed by atoms with Gasteiger partial charge in [-0.25, -0.2) is 4.79 Å². The fourth-order valence-corrected chi connectivity index (χ4v) is 3.88. The summed E-state index contributed by atoms with van der Waals surface area (Å²) in [5.74, 6) is -2.02. The summed E-state index contributed by atoms with van der Waals surface area (Å²) in [4.78, 5) is 37.9. The number of hydrogen-bond acceptors (Lipinski definition) is 5. The van der Waals surface area contributed by atoms with Crippen molar-refractivity contribution in [2.75, 3.05) is 11.9 Å². The lowest BCUT2D eigenvalue weighted by molar-refractivity contribution is -0.126. The van der Waals surface area contributed by atoms with Gasteiger partial charge < -0.3 is 10.4 Å². The van der Waals surface area contributed by atoms with Crippen LogP contribution in [0.15, 0.2) is 53.4 Å². The average molecular weight is 412 g/mol. The highest BCUT2D eigenvalue weighted by molar-refractivity contribution is 8.26. The van der Waals surface area contributed by atoms with Gasteiger partial charge in [0, 0.05) is 0 Å². The van der Waals surface area contributed by atoms with Gasteiger partial charge in [-0.3, -0.25) is 14.5 Å². The minimum Gasteiger partial charge on any atom is -0.478 e. The number of nitrogens with zero attached hydrogens (tertiary/aromatic N) is 1. The van der Waals surface area contributed by atoms with Crippen LogP contribution in [-0.4, -0.2) is 38.7 Å². The number of carboxylic acids is 1. The van der Waals surface area contributed by atoms with Gasteiger partial charge >= 0.3 is 5.97 Å². The number of carbonyl (C=O) groups is 3. The molecule has 2 aromatic carbocycles. The first-order chi connectivity index (χ1) is 13.4. The molecule has 0 aliphatic carbocycles. The Balaban J connectivity index is 1.74. The van der Waals surface area contributed by atoms with Crippen molar-refractivity contribution in [1.82, 2.24) is 4.90 Å². The predicted octanol–water partition coefficient (Wildman–Crippen LogP) is 3.53. The van der Waals surface area contributed by atoms with Crippen LogP contribution < -0.4 is 5.32 Å². The highest BCUT2D eigenvalue weighted by Gasteiger charge is 2.33. The molecule has 142 valence electrons. The van der Waals surface area contributed by atoms with Crippen molar-refractivity contribution in [3.63, 3.8) is 0 Å². The Kier molecular flexibility index (Phi) is 5.91. The second-order valence-electron chi connectivity index (χ2n) is 6.02. The van der Waals surface area contributed by atoms with Crippen molar-refractivity contribution in [3.8, 4) is 0 Å². The van der Waals surface area contributed by atoms with Crippen LogP contribution in [0.25, 0.3) is 6.08 Å². The summed E-state index contributed by atoms with van der Waals surface area (Å²) in [7, 11) is 0. The molecule has 1 aliphatic rings. The van der Waals surface area contributed by atoms with Crippen LogP contribution in [0.4, 0.5) is 5.69 Å². The lowest BCUT2D eigenvalue weighted by Gasteiger charge is -2.15.